The van der Waals surface area contributed by atoms with E-state index in [1.807, 2.05) is 32.0 Å². The van der Waals surface area contributed by atoms with Crippen LogP contribution in [0.1, 0.15) is 23.1 Å². The standard InChI is InChI=1S/C20H20F3N3O2/c1-12-3-8-17(9-13(12)2)26-11-16(10-18(26)27)25-19(28)24-15-6-4-14(5-7-15)20(21,22)23/h3-9,16H,10-11H2,1-2H3,(H2,24,25,28). The summed E-state index contributed by atoms with van der Waals surface area (Å²) in [5.41, 5.74) is 2.42. The van der Waals surface area contributed by atoms with Crippen LogP contribution in [-0.2, 0) is 11.0 Å². The van der Waals surface area contributed by atoms with Crippen LogP contribution in [0.5, 0.6) is 0 Å². The Kier molecular flexibility index (Phi) is 5.31. The molecule has 3 amide bonds. The van der Waals surface area contributed by atoms with Gasteiger partial charge in [0.2, 0.25) is 5.91 Å². The van der Waals surface area contributed by atoms with E-state index in [9.17, 15) is 22.8 Å². The van der Waals surface area contributed by atoms with Crippen LogP contribution < -0.4 is 15.5 Å². The number of alkyl halides is 3. The molecule has 1 atom stereocenters. The summed E-state index contributed by atoms with van der Waals surface area (Å²) in [6.45, 7) is 4.29. The van der Waals surface area contributed by atoms with E-state index in [1.54, 1.807) is 4.90 Å². The van der Waals surface area contributed by atoms with Crippen LogP contribution in [0, 0.1) is 13.8 Å². The minimum absolute atomic E-state index is 0.0944. The van der Waals surface area contributed by atoms with Crippen LogP contribution in [0.25, 0.3) is 0 Å². The Bertz CT molecular complexity index is 895. The van der Waals surface area contributed by atoms with E-state index in [1.165, 1.54) is 12.1 Å². The molecule has 1 fully saturated rings. The third-order valence-electron chi connectivity index (χ3n) is 4.73. The molecule has 0 saturated carbocycles. The maximum Gasteiger partial charge on any atom is 0.416 e. The van der Waals surface area contributed by atoms with Crippen molar-refractivity contribution in [2.24, 2.45) is 0 Å². The first-order chi connectivity index (χ1) is 13.1. The zero-order valence-corrected chi connectivity index (χ0v) is 15.4. The van der Waals surface area contributed by atoms with E-state index in [4.69, 9.17) is 0 Å². The Labute approximate surface area is 160 Å². The third-order valence-corrected chi connectivity index (χ3v) is 4.73. The number of nitrogens with one attached hydrogen (secondary N) is 2. The fourth-order valence-electron chi connectivity index (χ4n) is 3.04. The Morgan fingerprint density at radius 2 is 1.75 bits per heavy atom. The maximum absolute atomic E-state index is 12.6. The molecule has 2 aromatic rings. The van der Waals surface area contributed by atoms with Crippen molar-refractivity contribution in [1.82, 2.24) is 5.32 Å². The van der Waals surface area contributed by atoms with Crippen molar-refractivity contribution in [2.75, 3.05) is 16.8 Å². The minimum Gasteiger partial charge on any atom is -0.333 e. The second-order valence-electron chi connectivity index (χ2n) is 6.85. The number of aryl methyl sites for hydroxylation is 2. The zero-order valence-electron chi connectivity index (χ0n) is 15.4. The second kappa shape index (κ2) is 7.53. The van der Waals surface area contributed by atoms with Gasteiger partial charge >= 0.3 is 12.2 Å². The van der Waals surface area contributed by atoms with Crippen LogP contribution in [0.2, 0.25) is 0 Å². The Morgan fingerprint density at radius 1 is 1.07 bits per heavy atom. The van der Waals surface area contributed by atoms with E-state index in [0.29, 0.717) is 6.54 Å². The number of urea groups is 1. The fraction of sp³-hybridized carbons (Fsp3) is 0.300. The molecule has 1 aliphatic rings. The van der Waals surface area contributed by atoms with Gasteiger partial charge in [-0.2, -0.15) is 13.2 Å². The van der Waals surface area contributed by atoms with Crippen LogP contribution >= 0.6 is 0 Å². The first kappa shape index (κ1) is 19.7. The molecule has 1 saturated heterocycles. The van der Waals surface area contributed by atoms with Crippen LogP contribution in [0.3, 0.4) is 0 Å². The number of carbonyl (C=O) groups excluding carboxylic acids is 2. The predicted octanol–water partition coefficient (Wildman–Crippen LogP) is 4.25. The number of nitrogens with zero attached hydrogens (tertiary/aromatic N) is 1. The van der Waals surface area contributed by atoms with Gasteiger partial charge < -0.3 is 15.5 Å². The number of carbonyl (C=O) groups is 2. The summed E-state index contributed by atoms with van der Waals surface area (Å²) in [5.74, 6) is -0.0944. The molecule has 28 heavy (non-hydrogen) atoms. The smallest absolute Gasteiger partial charge is 0.333 e. The summed E-state index contributed by atoms with van der Waals surface area (Å²) >= 11 is 0. The van der Waals surface area contributed by atoms with E-state index >= 15 is 0 Å². The van der Waals surface area contributed by atoms with Crippen LogP contribution in [0.15, 0.2) is 42.5 Å². The van der Waals surface area contributed by atoms with Gasteiger partial charge in [-0.15, -0.1) is 0 Å². The summed E-state index contributed by atoms with van der Waals surface area (Å²) < 4.78 is 37.7. The number of hydrogen-bond acceptors (Lipinski definition) is 2. The molecule has 0 aliphatic carbocycles. The first-order valence-electron chi connectivity index (χ1n) is 8.76. The number of anilines is 2. The summed E-state index contributed by atoms with van der Waals surface area (Å²) in [6, 6.07) is 8.95. The molecule has 0 bridgehead atoms. The highest BCUT2D eigenvalue weighted by molar-refractivity contribution is 5.97. The summed E-state index contributed by atoms with van der Waals surface area (Å²) in [4.78, 5) is 26.0. The lowest BCUT2D eigenvalue weighted by Crippen LogP contribution is -2.39. The van der Waals surface area contributed by atoms with Crippen molar-refractivity contribution >= 4 is 23.3 Å². The van der Waals surface area contributed by atoms with Gasteiger partial charge in [0.15, 0.2) is 0 Å². The molecule has 2 aromatic carbocycles. The maximum atomic E-state index is 12.6. The molecule has 8 heteroatoms. The summed E-state index contributed by atoms with van der Waals surface area (Å²) in [7, 11) is 0. The van der Waals surface area contributed by atoms with Gasteiger partial charge in [0.1, 0.15) is 0 Å². The molecule has 0 spiro atoms. The topological polar surface area (TPSA) is 61.4 Å². The molecule has 148 valence electrons. The monoisotopic (exact) mass is 391 g/mol. The number of amides is 3. The van der Waals surface area contributed by atoms with E-state index < -0.39 is 17.8 Å². The summed E-state index contributed by atoms with van der Waals surface area (Å²) in [6.07, 6.45) is -4.27. The van der Waals surface area contributed by atoms with Gasteiger partial charge in [-0.3, -0.25) is 4.79 Å². The van der Waals surface area contributed by atoms with E-state index in [0.717, 1.165) is 28.9 Å². The van der Waals surface area contributed by atoms with Gasteiger partial charge in [0.05, 0.1) is 11.6 Å². The lowest BCUT2D eigenvalue weighted by atomic mass is 10.1. The number of hydrogen-bond donors (Lipinski definition) is 2. The van der Waals surface area contributed by atoms with Gasteiger partial charge in [-0.05, 0) is 61.4 Å². The molecule has 0 aromatic heterocycles. The van der Waals surface area contributed by atoms with Gasteiger partial charge in [-0.1, -0.05) is 6.07 Å². The molecule has 2 N–H and O–H groups in total. The van der Waals surface area contributed by atoms with E-state index in [-0.39, 0.29) is 24.1 Å². The van der Waals surface area contributed by atoms with Crippen molar-refractivity contribution in [3.05, 3.63) is 59.2 Å². The third kappa shape index (κ3) is 4.44. The molecular weight excluding hydrogens is 371 g/mol. The fourth-order valence-corrected chi connectivity index (χ4v) is 3.04. The van der Waals surface area contributed by atoms with Gasteiger partial charge in [0, 0.05) is 24.3 Å². The molecule has 1 unspecified atom stereocenters. The SMILES string of the molecule is Cc1ccc(N2CC(NC(=O)Nc3ccc(C(F)(F)F)cc3)CC2=O)cc1C. The highest BCUT2D eigenvalue weighted by atomic mass is 19.4. The lowest BCUT2D eigenvalue weighted by Gasteiger charge is -2.18. The zero-order chi connectivity index (χ0) is 20.5. The molecule has 1 heterocycles. The Balaban J connectivity index is 1.59. The molecule has 3 rings (SSSR count). The molecule has 1 aliphatic heterocycles. The Morgan fingerprint density at radius 3 is 2.36 bits per heavy atom. The normalized spacial score (nSPS) is 17.0. The highest BCUT2D eigenvalue weighted by Gasteiger charge is 2.32. The number of benzene rings is 2. The number of halogens is 3. The van der Waals surface area contributed by atoms with Crippen LogP contribution in [-0.4, -0.2) is 24.5 Å². The molecule has 5 nitrogen and oxygen atoms in total. The average molecular weight is 391 g/mol. The van der Waals surface area contributed by atoms with E-state index in [2.05, 4.69) is 10.6 Å². The largest absolute Gasteiger partial charge is 0.416 e. The van der Waals surface area contributed by atoms with Gasteiger partial charge in [0.25, 0.3) is 0 Å². The van der Waals surface area contributed by atoms with Crippen molar-refractivity contribution in [2.45, 2.75) is 32.5 Å². The quantitative estimate of drug-likeness (QED) is 0.822. The highest BCUT2D eigenvalue weighted by Crippen LogP contribution is 2.30. The van der Waals surface area contributed by atoms with Crippen LogP contribution in [0.4, 0.5) is 29.3 Å². The first-order valence-corrected chi connectivity index (χ1v) is 8.76. The average Bonchev–Trinajstić information content (AvgIpc) is 2.97. The van der Waals surface area contributed by atoms with Crippen molar-refractivity contribution in [3.8, 4) is 0 Å². The van der Waals surface area contributed by atoms with Crippen molar-refractivity contribution in [1.29, 1.82) is 0 Å². The summed E-state index contributed by atoms with van der Waals surface area (Å²) in [5, 5.41) is 5.18. The Hall–Kier alpha value is -3.03. The van der Waals surface area contributed by atoms with Crippen molar-refractivity contribution < 1.29 is 22.8 Å². The molecule has 0 radical (unpaired) electrons. The minimum atomic E-state index is -4.43. The van der Waals surface area contributed by atoms with Gasteiger partial charge in [-0.25, -0.2) is 4.79 Å². The second-order valence-corrected chi connectivity index (χ2v) is 6.85. The number of rotatable bonds is 3. The molecular formula is C20H20F3N3O2. The van der Waals surface area contributed by atoms with Crippen molar-refractivity contribution in [3.63, 3.8) is 0 Å². The lowest BCUT2D eigenvalue weighted by molar-refractivity contribution is -0.137. The predicted molar refractivity (Wildman–Crippen MR) is 100 cm³/mol.